The first-order valence-corrected chi connectivity index (χ1v) is 11.4. The van der Waals surface area contributed by atoms with E-state index in [4.69, 9.17) is 0 Å². The summed E-state index contributed by atoms with van der Waals surface area (Å²) in [5.74, 6) is 1.14. The van der Waals surface area contributed by atoms with Gasteiger partial charge >= 0.3 is 0 Å². The molecule has 33 heavy (non-hydrogen) atoms. The molecule has 5 heteroatoms. The third-order valence-corrected chi connectivity index (χ3v) is 5.62. The van der Waals surface area contributed by atoms with Crippen LogP contribution in [0.2, 0.25) is 0 Å². The molecule has 0 aliphatic carbocycles. The Morgan fingerprint density at radius 1 is 0.879 bits per heavy atom. The summed E-state index contributed by atoms with van der Waals surface area (Å²) < 4.78 is 0. The van der Waals surface area contributed by atoms with Crippen LogP contribution in [0, 0.1) is 0 Å². The number of carbonyl (C=O) groups excluding carboxylic acids is 1. The van der Waals surface area contributed by atoms with Crippen molar-refractivity contribution < 1.29 is 4.79 Å². The van der Waals surface area contributed by atoms with E-state index < -0.39 is 0 Å². The number of rotatable bonds is 9. The molecular formula is C28H34N4O. The topological polar surface area (TPSA) is 56.7 Å². The van der Waals surface area contributed by atoms with Crippen LogP contribution in [0.1, 0.15) is 33.0 Å². The number of aliphatic imine (C=N–C) groups is 1. The Bertz CT molecular complexity index is 1030. The lowest BCUT2D eigenvalue weighted by Gasteiger charge is -2.20. The predicted molar refractivity (Wildman–Crippen MR) is 137 cm³/mol. The van der Waals surface area contributed by atoms with E-state index >= 15 is 0 Å². The summed E-state index contributed by atoms with van der Waals surface area (Å²) in [4.78, 5) is 18.2. The van der Waals surface area contributed by atoms with Gasteiger partial charge in [-0.15, -0.1) is 0 Å². The van der Waals surface area contributed by atoms with Crippen molar-refractivity contribution in [1.82, 2.24) is 15.5 Å². The van der Waals surface area contributed by atoms with E-state index in [2.05, 4.69) is 82.4 Å². The Morgan fingerprint density at radius 3 is 2.21 bits per heavy atom. The van der Waals surface area contributed by atoms with Gasteiger partial charge in [-0.25, -0.2) is 0 Å². The zero-order valence-corrected chi connectivity index (χ0v) is 19.8. The van der Waals surface area contributed by atoms with Gasteiger partial charge in [-0.2, -0.15) is 0 Å². The minimum atomic E-state index is 0.0210. The minimum absolute atomic E-state index is 0.0210. The summed E-state index contributed by atoms with van der Waals surface area (Å²) in [7, 11) is 5.33. The summed E-state index contributed by atoms with van der Waals surface area (Å²) in [5, 5.41) is 6.90. The van der Waals surface area contributed by atoms with E-state index in [0.717, 1.165) is 37.5 Å². The van der Waals surface area contributed by atoms with Crippen molar-refractivity contribution in [2.45, 2.75) is 18.8 Å². The molecule has 3 rings (SSSR count). The van der Waals surface area contributed by atoms with Crippen LogP contribution in [-0.2, 0) is 12.8 Å². The van der Waals surface area contributed by atoms with Crippen LogP contribution >= 0.6 is 0 Å². The maximum atomic E-state index is 12.2. The maximum absolute atomic E-state index is 12.2. The first kappa shape index (κ1) is 24.1. The molecule has 0 bridgehead atoms. The normalized spacial score (nSPS) is 12.2. The molecule has 0 heterocycles. The lowest BCUT2D eigenvalue weighted by Crippen LogP contribution is -2.40. The summed E-state index contributed by atoms with van der Waals surface area (Å²) >= 11 is 0. The number of carbonyl (C=O) groups is 1. The van der Waals surface area contributed by atoms with Crippen LogP contribution in [0.4, 0.5) is 0 Å². The lowest BCUT2D eigenvalue weighted by atomic mass is 9.92. The average molecular weight is 443 g/mol. The number of hydrogen-bond donors (Lipinski definition) is 2. The molecule has 2 N–H and O–H groups in total. The number of nitrogens with zero attached hydrogens (tertiary/aromatic N) is 2. The van der Waals surface area contributed by atoms with E-state index in [1.807, 2.05) is 18.2 Å². The molecule has 5 nitrogen and oxygen atoms in total. The van der Waals surface area contributed by atoms with Crippen molar-refractivity contribution in [3.8, 4) is 0 Å². The Balaban J connectivity index is 1.56. The first-order valence-electron chi connectivity index (χ1n) is 11.4. The molecule has 0 radical (unpaired) electrons. The van der Waals surface area contributed by atoms with Gasteiger partial charge in [0, 0.05) is 45.7 Å². The molecule has 3 aromatic carbocycles. The van der Waals surface area contributed by atoms with E-state index in [-0.39, 0.29) is 5.91 Å². The predicted octanol–water partition coefficient (Wildman–Crippen LogP) is 4.12. The summed E-state index contributed by atoms with van der Waals surface area (Å²) in [6, 6.07) is 29.0. The number of hydrogen-bond acceptors (Lipinski definition) is 2. The highest BCUT2D eigenvalue weighted by molar-refractivity contribution is 5.94. The molecular weight excluding hydrogens is 408 g/mol. The number of guanidine groups is 1. The third kappa shape index (κ3) is 7.49. The zero-order chi connectivity index (χ0) is 23.5. The number of nitrogens with one attached hydrogen (secondary N) is 2. The quantitative estimate of drug-likeness (QED) is 0.387. The van der Waals surface area contributed by atoms with Crippen LogP contribution in [0.15, 0.2) is 89.9 Å². The van der Waals surface area contributed by atoms with Gasteiger partial charge in [0.05, 0.1) is 0 Å². The van der Waals surface area contributed by atoms with Gasteiger partial charge in [0.1, 0.15) is 0 Å². The molecule has 0 fully saturated rings. The van der Waals surface area contributed by atoms with Gasteiger partial charge in [-0.05, 0) is 41.7 Å². The highest BCUT2D eigenvalue weighted by atomic mass is 16.2. The first-order chi connectivity index (χ1) is 16.1. The summed E-state index contributed by atoms with van der Waals surface area (Å²) in [6.45, 7) is 1.51. The molecule has 3 aromatic rings. The summed E-state index contributed by atoms with van der Waals surface area (Å²) in [5.41, 5.74) is 4.47. The number of benzene rings is 3. The van der Waals surface area contributed by atoms with Crippen molar-refractivity contribution in [3.63, 3.8) is 0 Å². The fourth-order valence-electron chi connectivity index (χ4n) is 3.82. The molecule has 0 aliphatic rings. The lowest BCUT2D eigenvalue weighted by molar-refractivity contribution is 0.0827. The Labute approximate surface area is 197 Å². The van der Waals surface area contributed by atoms with Gasteiger partial charge < -0.3 is 15.5 Å². The highest BCUT2D eigenvalue weighted by Crippen LogP contribution is 2.20. The van der Waals surface area contributed by atoms with Crippen molar-refractivity contribution in [2.24, 2.45) is 4.99 Å². The van der Waals surface area contributed by atoms with Crippen molar-refractivity contribution in [3.05, 3.63) is 107 Å². The molecule has 0 aromatic heterocycles. The third-order valence-electron chi connectivity index (χ3n) is 5.62. The average Bonchev–Trinajstić information content (AvgIpc) is 2.86. The molecule has 0 aliphatic heterocycles. The monoisotopic (exact) mass is 442 g/mol. The van der Waals surface area contributed by atoms with Gasteiger partial charge in [-0.3, -0.25) is 9.79 Å². The van der Waals surface area contributed by atoms with Crippen LogP contribution in [-0.4, -0.2) is 51.0 Å². The second kappa shape index (κ2) is 12.4. The Kier molecular flexibility index (Phi) is 9.07. The van der Waals surface area contributed by atoms with Crippen LogP contribution in [0.25, 0.3) is 0 Å². The Hall–Kier alpha value is -3.60. The molecule has 1 atom stereocenters. The second-order valence-electron chi connectivity index (χ2n) is 8.33. The van der Waals surface area contributed by atoms with Crippen molar-refractivity contribution in [1.29, 1.82) is 0 Å². The van der Waals surface area contributed by atoms with Crippen molar-refractivity contribution in [2.75, 3.05) is 34.2 Å². The van der Waals surface area contributed by atoms with E-state index in [1.165, 1.54) is 11.1 Å². The fourth-order valence-corrected chi connectivity index (χ4v) is 3.82. The van der Waals surface area contributed by atoms with Crippen LogP contribution < -0.4 is 10.6 Å². The van der Waals surface area contributed by atoms with Gasteiger partial charge in [0.25, 0.3) is 5.91 Å². The van der Waals surface area contributed by atoms with Gasteiger partial charge in [-0.1, -0.05) is 72.8 Å². The molecule has 172 valence electrons. The molecule has 1 amide bonds. The molecule has 0 saturated carbocycles. The smallest absolute Gasteiger partial charge is 0.253 e. The molecule has 0 saturated heterocycles. The summed E-state index contributed by atoms with van der Waals surface area (Å²) in [6.07, 6.45) is 1.77. The Morgan fingerprint density at radius 2 is 1.55 bits per heavy atom. The number of amides is 1. The highest BCUT2D eigenvalue weighted by Gasteiger charge is 2.13. The fraction of sp³-hybridized carbons (Fsp3) is 0.286. The molecule has 0 spiro atoms. The van der Waals surface area contributed by atoms with Crippen LogP contribution in [0.3, 0.4) is 0 Å². The second-order valence-corrected chi connectivity index (χ2v) is 8.33. The minimum Gasteiger partial charge on any atom is -0.356 e. The van der Waals surface area contributed by atoms with Gasteiger partial charge in [0.15, 0.2) is 5.96 Å². The SMILES string of the molecule is CN=C(NCCc1cccc(C(=O)N(C)C)c1)NCC(Cc1ccccc1)c1ccccc1. The van der Waals surface area contributed by atoms with E-state index in [1.54, 1.807) is 26.0 Å². The maximum Gasteiger partial charge on any atom is 0.253 e. The standard InChI is InChI=1S/C28H34N4O/c1-29-28(30-18-17-23-13-10-16-25(19-23)27(33)32(2)3)31-21-26(24-14-8-5-9-15-24)20-22-11-6-4-7-12-22/h4-16,19,26H,17-18,20-21H2,1-3H3,(H2,29,30,31). The molecule has 1 unspecified atom stereocenters. The van der Waals surface area contributed by atoms with E-state index in [0.29, 0.717) is 11.5 Å². The van der Waals surface area contributed by atoms with Crippen LogP contribution in [0.5, 0.6) is 0 Å². The van der Waals surface area contributed by atoms with E-state index in [9.17, 15) is 4.79 Å². The zero-order valence-electron chi connectivity index (χ0n) is 19.8. The van der Waals surface area contributed by atoms with Gasteiger partial charge in [0.2, 0.25) is 0 Å². The van der Waals surface area contributed by atoms with Crippen molar-refractivity contribution >= 4 is 11.9 Å². The largest absolute Gasteiger partial charge is 0.356 e.